The van der Waals surface area contributed by atoms with Crippen LogP contribution in [-0.2, 0) is 6.54 Å². The lowest BCUT2D eigenvalue weighted by Crippen LogP contribution is -2.12. The Balaban J connectivity index is 2.52. The Bertz CT molecular complexity index is 584. The van der Waals surface area contributed by atoms with Crippen molar-refractivity contribution in [2.24, 2.45) is 0 Å². The molecule has 0 radical (unpaired) electrons. The zero-order valence-corrected chi connectivity index (χ0v) is 11.3. The van der Waals surface area contributed by atoms with Crippen LogP contribution in [0.4, 0.5) is 8.78 Å². The van der Waals surface area contributed by atoms with Gasteiger partial charge in [-0.2, -0.15) is 0 Å². The lowest BCUT2D eigenvalue weighted by Gasteiger charge is -2.12. The Hall–Kier alpha value is -1.45. The Morgan fingerprint density at radius 1 is 1.05 bits per heavy atom. The standard InChI is InChI=1S/C15H14ClF2N/c1-2-19-9-10-3-4-11(16)7-13(10)14-8-12(17)5-6-15(14)18/h3-8,19H,2,9H2,1H3. The highest BCUT2D eigenvalue weighted by Crippen LogP contribution is 2.29. The van der Waals surface area contributed by atoms with Gasteiger partial charge in [-0.15, -0.1) is 0 Å². The number of benzene rings is 2. The molecule has 0 heterocycles. The molecule has 0 aliphatic heterocycles. The minimum absolute atomic E-state index is 0.232. The van der Waals surface area contributed by atoms with Crippen LogP contribution < -0.4 is 5.32 Å². The number of nitrogens with one attached hydrogen (secondary N) is 1. The fraction of sp³-hybridized carbons (Fsp3) is 0.200. The third kappa shape index (κ3) is 3.31. The summed E-state index contributed by atoms with van der Waals surface area (Å²) < 4.78 is 27.2. The van der Waals surface area contributed by atoms with Crippen molar-refractivity contribution in [3.05, 3.63) is 58.6 Å². The largest absolute Gasteiger partial charge is 0.313 e. The van der Waals surface area contributed by atoms with Crippen molar-refractivity contribution in [2.45, 2.75) is 13.5 Å². The van der Waals surface area contributed by atoms with Crippen molar-refractivity contribution >= 4 is 11.6 Å². The molecule has 0 fully saturated rings. The first kappa shape index (κ1) is 14.0. The van der Waals surface area contributed by atoms with E-state index in [2.05, 4.69) is 5.32 Å². The quantitative estimate of drug-likeness (QED) is 0.876. The minimum atomic E-state index is -0.467. The zero-order chi connectivity index (χ0) is 13.8. The van der Waals surface area contributed by atoms with Crippen LogP contribution in [0.1, 0.15) is 12.5 Å². The summed E-state index contributed by atoms with van der Waals surface area (Å²) in [6, 6.07) is 8.65. The molecule has 0 spiro atoms. The summed E-state index contributed by atoms with van der Waals surface area (Å²) in [4.78, 5) is 0. The maximum Gasteiger partial charge on any atom is 0.131 e. The maximum absolute atomic E-state index is 13.9. The van der Waals surface area contributed by atoms with Crippen LogP contribution in [-0.4, -0.2) is 6.54 Å². The Morgan fingerprint density at radius 3 is 2.58 bits per heavy atom. The van der Waals surface area contributed by atoms with Gasteiger partial charge in [-0.3, -0.25) is 0 Å². The molecule has 0 atom stereocenters. The van der Waals surface area contributed by atoms with Crippen LogP contribution in [0.25, 0.3) is 11.1 Å². The van der Waals surface area contributed by atoms with Crippen molar-refractivity contribution in [1.29, 1.82) is 0 Å². The molecule has 2 aromatic carbocycles. The molecule has 1 nitrogen and oxygen atoms in total. The van der Waals surface area contributed by atoms with Crippen molar-refractivity contribution < 1.29 is 8.78 Å². The molecule has 0 saturated carbocycles. The van der Waals surface area contributed by atoms with Gasteiger partial charge in [-0.05, 0) is 48.0 Å². The SMILES string of the molecule is CCNCc1ccc(Cl)cc1-c1cc(F)ccc1F. The first-order valence-electron chi connectivity index (χ1n) is 6.06. The highest BCUT2D eigenvalue weighted by Gasteiger charge is 2.11. The summed E-state index contributed by atoms with van der Waals surface area (Å²) in [5.74, 6) is -0.924. The lowest BCUT2D eigenvalue weighted by atomic mass is 9.99. The second-order valence-electron chi connectivity index (χ2n) is 4.21. The van der Waals surface area contributed by atoms with Gasteiger partial charge in [-0.1, -0.05) is 24.6 Å². The molecule has 2 rings (SSSR count). The second-order valence-corrected chi connectivity index (χ2v) is 4.64. The average molecular weight is 282 g/mol. The van der Waals surface area contributed by atoms with Gasteiger partial charge in [0.25, 0.3) is 0 Å². The molecule has 4 heteroatoms. The van der Waals surface area contributed by atoms with E-state index >= 15 is 0 Å². The molecule has 0 unspecified atom stereocenters. The van der Waals surface area contributed by atoms with Crippen molar-refractivity contribution in [1.82, 2.24) is 5.32 Å². The topological polar surface area (TPSA) is 12.0 Å². The van der Waals surface area contributed by atoms with E-state index in [0.717, 1.165) is 24.2 Å². The molecule has 1 N–H and O–H groups in total. The van der Waals surface area contributed by atoms with Gasteiger partial charge < -0.3 is 5.32 Å². The van der Waals surface area contributed by atoms with Gasteiger partial charge in [0.2, 0.25) is 0 Å². The first-order chi connectivity index (χ1) is 9.11. The average Bonchev–Trinajstić information content (AvgIpc) is 2.40. The van der Waals surface area contributed by atoms with Gasteiger partial charge in [0.1, 0.15) is 11.6 Å². The highest BCUT2D eigenvalue weighted by molar-refractivity contribution is 6.30. The summed E-state index contributed by atoms with van der Waals surface area (Å²) in [5.41, 5.74) is 1.73. The molecule has 100 valence electrons. The number of rotatable bonds is 4. The second kappa shape index (κ2) is 6.13. The molecule has 0 aliphatic rings. The predicted molar refractivity (Wildman–Crippen MR) is 74.2 cm³/mol. The molecule has 0 aromatic heterocycles. The third-order valence-corrected chi connectivity index (χ3v) is 3.09. The van der Waals surface area contributed by atoms with Crippen LogP contribution >= 0.6 is 11.6 Å². The van der Waals surface area contributed by atoms with Gasteiger partial charge >= 0.3 is 0 Å². The van der Waals surface area contributed by atoms with E-state index < -0.39 is 11.6 Å². The summed E-state index contributed by atoms with van der Waals surface area (Å²) in [5, 5.41) is 3.67. The van der Waals surface area contributed by atoms with Crippen molar-refractivity contribution in [2.75, 3.05) is 6.54 Å². The Labute approximate surface area is 116 Å². The zero-order valence-electron chi connectivity index (χ0n) is 10.5. The predicted octanol–water partition coefficient (Wildman–Crippen LogP) is 4.39. The maximum atomic E-state index is 13.9. The van der Waals surface area contributed by atoms with Crippen LogP contribution in [0.2, 0.25) is 5.02 Å². The third-order valence-electron chi connectivity index (χ3n) is 2.86. The van der Waals surface area contributed by atoms with E-state index in [-0.39, 0.29) is 5.56 Å². The summed E-state index contributed by atoms with van der Waals surface area (Å²) >= 11 is 5.96. The van der Waals surface area contributed by atoms with E-state index in [4.69, 9.17) is 11.6 Å². The van der Waals surface area contributed by atoms with E-state index in [1.807, 2.05) is 13.0 Å². The van der Waals surface area contributed by atoms with E-state index in [1.165, 1.54) is 6.07 Å². The van der Waals surface area contributed by atoms with Crippen molar-refractivity contribution in [3.63, 3.8) is 0 Å². The summed E-state index contributed by atoms with van der Waals surface area (Å²) in [6.07, 6.45) is 0. The molecule has 0 aliphatic carbocycles. The first-order valence-corrected chi connectivity index (χ1v) is 6.44. The molecule has 2 aromatic rings. The molecule has 0 saturated heterocycles. The molecular weight excluding hydrogens is 268 g/mol. The number of halogens is 3. The van der Waals surface area contributed by atoms with Gasteiger partial charge in [0, 0.05) is 17.1 Å². The number of hydrogen-bond donors (Lipinski definition) is 1. The Morgan fingerprint density at radius 2 is 1.84 bits per heavy atom. The van der Waals surface area contributed by atoms with E-state index in [9.17, 15) is 8.78 Å². The molecule has 19 heavy (non-hydrogen) atoms. The summed E-state index contributed by atoms with van der Waals surface area (Å²) in [6.45, 7) is 3.37. The van der Waals surface area contributed by atoms with Gasteiger partial charge in [-0.25, -0.2) is 8.78 Å². The molecule has 0 amide bonds. The fourth-order valence-electron chi connectivity index (χ4n) is 1.92. The number of hydrogen-bond acceptors (Lipinski definition) is 1. The van der Waals surface area contributed by atoms with Crippen LogP contribution in [0.15, 0.2) is 36.4 Å². The van der Waals surface area contributed by atoms with Gasteiger partial charge in [0.15, 0.2) is 0 Å². The van der Waals surface area contributed by atoms with E-state index in [1.54, 1.807) is 12.1 Å². The molecular formula is C15H14ClF2N. The summed E-state index contributed by atoms with van der Waals surface area (Å²) in [7, 11) is 0. The monoisotopic (exact) mass is 281 g/mol. The van der Waals surface area contributed by atoms with Crippen molar-refractivity contribution in [3.8, 4) is 11.1 Å². The smallest absolute Gasteiger partial charge is 0.131 e. The minimum Gasteiger partial charge on any atom is -0.313 e. The molecule has 0 bridgehead atoms. The van der Waals surface area contributed by atoms with Crippen LogP contribution in [0, 0.1) is 11.6 Å². The van der Waals surface area contributed by atoms with Crippen LogP contribution in [0.3, 0.4) is 0 Å². The normalized spacial score (nSPS) is 10.7. The Kier molecular flexibility index (Phi) is 4.51. The van der Waals surface area contributed by atoms with E-state index in [0.29, 0.717) is 17.1 Å². The lowest BCUT2D eigenvalue weighted by molar-refractivity contribution is 0.603. The van der Waals surface area contributed by atoms with Crippen LogP contribution in [0.5, 0.6) is 0 Å². The van der Waals surface area contributed by atoms with Gasteiger partial charge in [0.05, 0.1) is 0 Å². The fourth-order valence-corrected chi connectivity index (χ4v) is 2.09. The highest BCUT2D eigenvalue weighted by atomic mass is 35.5.